The maximum absolute atomic E-state index is 5.48. The molecule has 2 unspecified atom stereocenters. The minimum Gasteiger partial charge on any atom is -0.379 e. The van der Waals surface area contributed by atoms with Crippen LogP contribution in [0.15, 0.2) is 17.4 Å². The highest BCUT2D eigenvalue weighted by molar-refractivity contribution is 5.80. The molecule has 0 saturated carbocycles. The van der Waals surface area contributed by atoms with Crippen LogP contribution in [-0.2, 0) is 11.8 Å². The SMILES string of the molecule is CCNC(=NCC(c1cnn(C)c1)N(C)C)N1CCC(CN2CCOCC2)C1. The van der Waals surface area contributed by atoms with Crippen LogP contribution in [-0.4, -0.2) is 104 Å². The Labute approximate surface area is 169 Å². The van der Waals surface area contributed by atoms with Crippen molar-refractivity contribution in [3.8, 4) is 0 Å². The molecule has 8 heteroatoms. The first-order valence-electron chi connectivity index (χ1n) is 10.5. The van der Waals surface area contributed by atoms with Crippen LogP contribution in [0, 0.1) is 5.92 Å². The fourth-order valence-corrected chi connectivity index (χ4v) is 4.10. The van der Waals surface area contributed by atoms with Crippen molar-refractivity contribution in [3.05, 3.63) is 18.0 Å². The van der Waals surface area contributed by atoms with Gasteiger partial charge in [0.25, 0.3) is 0 Å². The summed E-state index contributed by atoms with van der Waals surface area (Å²) in [7, 11) is 6.17. The van der Waals surface area contributed by atoms with Crippen molar-refractivity contribution >= 4 is 5.96 Å². The van der Waals surface area contributed by atoms with Crippen molar-refractivity contribution in [1.29, 1.82) is 0 Å². The predicted molar refractivity (Wildman–Crippen MR) is 113 cm³/mol. The van der Waals surface area contributed by atoms with Crippen LogP contribution in [0.2, 0.25) is 0 Å². The summed E-state index contributed by atoms with van der Waals surface area (Å²) >= 11 is 0. The van der Waals surface area contributed by atoms with Crippen LogP contribution in [0.4, 0.5) is 0 Å². The molecule has 2 atom stereocenters. The Balaban J connectivity index is 1.60. The van der Waals surface area contributed by atoms with Crippen LogP contribution < -0.4 is 5.32 Å². The highest BCUT2D eigenvalue weighted by atomic mass is 16.5. The van der Waals surface area contributed by atoms with Crippen molar-refractivity contribution in [1.82, 2.24) is 29.8 Å². The predicted octanol–water partition coefficient (Wildman–Crippen LogP) is 0.642. The maximum Gasteiger partial charge on any atom is 0.193 e. The second-order valence-corrected chi connectivity index (χ2v) is 8.14. The molecule has 1 aromatic heterocycles. The van der Waals surface area contributed by atoms with Gasteiger partial charge in [-0.15, -0.1) is 0 Å². The number of aromatic nitrogens is 2. The molecule has 3 rings (SSSR count). The zero-order valence-corrected chi connectivity index (χ0v) is 18.0. The van der Waals surface area contributed by atoms with E-state index in [9.17, 15) is 0 Å². The van der Waals surface area contributed by atoms with E-state index in [-0.39, 0.29) is 6.04 Å². The third kappa shape index (κ3) is 5.68. The molecule has 2 aliphatic rings. The highest BCUT2D eigenvalue weighted by Gasteiger charge is 2.27. The maximum atomic E-state index is 5.48. The number of hydrogen-bond acceptors (Lipinski definition) is 5. The summed E-state index contributed by atoms with van der Waals surface area (Å²) in [5.74, 6) is 1.76. The van der Waals surface area contributed by atoms with E-state index in [1.807, 2.05) is 17.9 Å². The molecular weight excluding hydrogens is 354 g/mol. The van der Waals surface area contributed by atoms with Crippen LogP contribution >= 0.6 is 0 Å². The summed E-state index contributed by atoms with van der Waals surface area (Å²) in [4.78, 5) is 12.2. The normalized spacial score (nSPS) is 22.8. The molecule has 158 valence electrons. The van der Waals surface area contributed by atoms with E-state index in [0.29, 0.717) is 5.92 Å². The zero-order valence-electron chi connectivity index (χ0n) is 18.0. The second kappa shape index (κ2) is 10.2. The lowest BCUT2D eigenvalue weighted by Gasteiger charge is -2.29. The minimum atomic E-state index is 0.231. The number of guanidine groups is 1. The highest BCUT2D eigenvalue weighted by Crippen LogP contribution is 2.20. The second-order valence-electron chi connectivity index (χ2n) is 8.14. The summed E-state index contributed by atoms with van der Waals surface area (Å²) in [6, 6.07) is 0.231. The number of likely N-dealkylation sites (N-methyl/N-ethyl adjacent to an activating group) is 1. The van der Waals surface area contributed by atoms with E-state index >= 15 is 0 Å². The van der Waals surface area contributed by atoms with Gasteiger partial charge in [-0.2, -0.15) is 5.10 Å². The third-order valence-corrected chi connectivity index (χ3v) is 5.69. The molecule has 0 amide bonds. The fraction of sp³-hybridized carbons (Fsp3) is 0.800. The first kappa shape index (κ1) is 21.1. The number of nitrogens with zero attached hydrogens (tertiary/aromatic N) is 6. The topological polar surface area (TPSA) is 61.2 Å². The van der Waals surface area contributed by atoms with Crippen molar-refractivity contribution < 1.29 is 4.74 Å². The monoisotopic (exact) mass is 391 g/mol. The zero-order chi connectivity index (χ0) is 19.9. The van der Waals surface area contributed by atoms with Gasteiger partial charge in [0.15, 0.2) is 5.96 Å². The van der Waals surface area contributed by atoms with E-state index < -0.39 is 0 Å². The summed E-state index contributed by atoms with van der Waals surface area (Å²) in [6.45, 7) is 11.0. The lowest BCUT2D eigenvalue weighted by molar-refractivity contribution is 0.0315. The summed E-state index contributed by atoms with van der Waals surface area (Å²) in [6.07, 6.45) is 5.27. The van der Waals surface area contributed by atoms with E-state index in [2.05, 4.69) is 52.3 Å². The van der Waals surface area contributed by atoms with Gasteiger partial charge in [-0.05, 0) is 33.4 Å². The summed E-state index contributed by atoms with van der Waals surface area (Å²) in [5.41, 5.74) is 1.21. The molecule has 0 radical (unpaired) electrons. The number of aryl methyl sites for hydroxylation is 1. The average Bonchev–Trinajstić information content (AvgIpc) is 3.31. The molecule has 28 heavy (non-hydrogen) atoms. The number of rotatable bonds is 7. The number of likely N-dealkylation sites (tertiary alicyclic amines) is 1. The largest absolute Gasteiger partial charge is 0.379 e. The van der Waals surface area contributed by atoms with Crippen molar-refractivity contribution in [2.45, 2.75) is 19.4 Å². The Morgan fingerprint density at radius 1 is 1.36 bits per heavy atom. The average molecular weight is 392 g/mol. The van der Waals surface area contributed by atoms with Gasteiger partial charge in [0.05, 0.1) is 32.0 Å². The Bertz CT molecular complexity index is 624. The molecule has 1 N–H and O–H groups in total. The standard InChI is InChI=1S/C20H37N7O/c1-5-21-20(22-13-19(24(2)3)18-12-23-25(4)16-18)27-7-6-17(15-27)14-26-8-10-28-11-9-26/h12,16-17,19H,5-11,13-15H2,1-4H3,(H,21,22). The van der Waals surface area contributed by atoms with Gasteiger partial charge in [0.1, 0.15) is 0 Å². The smallest absolute Gasteiger partial charge is 0.193 e. The number of ether oxygens (including phenoxy) is 1. The van der Waals surface area contributed by atoms with E-state index in [1.165, 1.54) is 18.5 Å². The molecule has 2 aliphatic heterocycles. The van der Waals surface area contributed by atoms with Crippen LogP contribution in [0.3, 0.4) is 0 Å². The number of hydrogen-bond donors (Lipinski definition) is 1. The lowest BCUT2D eigenvalue weighted by atomic mass is 10.1. The van der Waals surface area contributed by atoms with Gasteiger partial charge in [-0.25, -0.2) is 0 Å². The molecule has 0 bridgehead atoms. The van der Waals surface area contributed by atoms with Gasteiger partial charge in [0.2, 0.25) is 0 Å². The molecule has 0 spiro atoms. The third-order valence-electron chi connectivity index (χ3n) is 5.69. The van der Waals surface area contributed by atoms with Gasteiger partial charge in [0, 0.05) is 58.1 Å². The van der Waals surface area contributed by atoms with Crippen LogP contribution in [0.25, 0.3) is 0 Å². The fourth-order valence-electron chi connectivity index (χ4n) is 4.10. The molecule has 1 aromatic rings. The summed E-state index contributed by atoms with van der Waals surface area (Å²) in [5, 5.41) is 7.83. The van der Waals surface area contributed by atoms with E-state index in [4.69, 9.17) is 9.73 Å². The lowest BCUT2D eigenvalue weighted by Crippen LogP contribution is -2.42. The van der Waals surface area contributed by atoms with Crippen LogP contribution in [0.5, 0.6) is 0 Å². The molecule has 3 heterocycles. The molecule has 0 aliphatic carbocycles. The Morgan fingerprint density at radius 2 is 2.14 bits per heavy atom. The quantitative estimate of drug-likeness (QED) is 0.544. The number of nitrogens with one attached hydrogen (secondary N) is 1. The summed E-state index contributed by atoms with van der Waals surface area (Å²) < 4.78 is 7.33. The van der Waals surface area contributed by atoms with Gasteiger partial charge >= 0.3 is 0 Å². The molecule has 0 aromatic carbocycles. The Kier molecular flexibility index (Phi) is 7.70. The van der Waals surface area contributed by atoms with Gasteiger partial charge in [-0.3, -0.25) is 14.6 Å². The number of morpholine rings is 1. The minimum absolute atomic E-state index is 0.231. The van der Waals surface area contributed by atoms with Crippen molar-refractivity contribution in [2.75, 3.05) is 73.1 Å². The Morgan fingerprint density at radius 3 is 2.79 bits per heavy atom. The molecule has 2 saturated heterocycles. The number of aliphatic imine (C=N–C) groups is 1. The van der Waals surface area contributed by atoms with E-state index in [0.717, 1.165) is 58.4 Å². The Hall–Kier alpha value is -1.64. The molecule has 8 nitrogen and oxygen atoms in total. The molecule has 2 fully saturated rings. The first-order valence-corrected chi connectivity index (χ1v) is 10.5. The van der Waals surface area contributed by atoms with Crippen LogP contribution in [0.1, 0.15) is 24.9 Å². The van der Waals surface area contributed by atoms with Crippen molar-refractivity contribution in [3.63, 3.8) is 0 Å². The molecular formula is C20H37N7O. The van der Waals surface area contributed by atoms with E-state index in [1.54, 1.807) is 0 Å². The van der Waals surface area contributed by atoms with Crippen molar-refractivity contribution in [2.24, 2.45) is 18.0 Å². The van der Waals surface area contributed by atoms with Gasteiger partial charge < -0.3 is 19.9 Å². The van der Waals surface area contributed by atoms with Gasteiger partial charge in [-0.1, -0.05) is 0 Å². The first-order chi connectivity index (χ1) is 13.6.